The molecule has 16 heavy (non-hydrogen) atoms. The lowest BCUT2D eigenvalue weighted by molar-refractivity contribution is 0.0865. The van der Waals surface area contributed by atoms with E-state index in [-0.39, 0.29) is 16.6 Å². The van der Waals surface area contributed by atoms with Gasteiger partial charge in [-0.05, 0) is 41.9 Å². The van der Waals surface area contributed by atoms with Crippen molar-refractivity contribution >= 4 is 21.8 Å². The first-order valence-electron chi connectivity index (χ1n) is 4.75. The molecule has 5 heteroatoms. The summed E-state index contributed by atoms with van der Waals surface area (Å²) in [5, 5.41) is 11.5. The van der Waals surface area contributed by atoms with Crippen LogP contribution in [0.1, 0.15) is 24.2 Å². The summed E-state index contributed by atoms with van der Waals surface area (Å²) in [4.78, 5) is 11.7. The zero-order valence-corrected chi connectivity index (χ0v) is 10.6. The van der Waals surface area contributed by atoms with Crippen LogP contribution in [0.15, 0.2) is 22.7 Å². The van der Waals surface area contributed by atoms with Gasteiger partial charge >= 0.3 is 0 Å². The average Bonchev–Trinajstić information content (AvgIpc) is 2.21. The highest BCUT2D eigenvalue weighted by molar-refractivity contribution is 9.10. The summed E-state index contributed by atoms with van der Waals surface area (Å²) in [6, 6.07) is 4.49. The van der Waals surface area contributed by atoms with Crippen LogP contribution in [-0.4, -0.2) is 23.2 Å². The van der Waals surface area contributed by atoms with Crippen LogP contribution in [0, 0.1) is 5.82 Å². The zero-order valence-electron chi connectivity index (χ0n) is 9.05. The lowest BCUT2D eigenvalue weighted by atomic mass is 10.1. The van der Waals surface area contributed by atoms with Gasteiger partial charge in [0.05, 0.1) is 22.2 Å². The lowest BCUT2D eigenvalue weighted by Crippen LogP contribution is -2.46. The van der Waals surface area contributed by atoms with Crippen molar-refractivity contribution in [2.24, 2.45) is 0 Å². The minimum Gasteiger partial charge on any atom is -0.394 e. The Morgan fingerprint density at radius 3 is 2.75 bits per heavy atom. The number of amides is 1. The molecule has 0 atom stereocenters. The van der Waals surface area contributed by atoms with Crippen molar-refractivity contribution in [1.29, 1.82) is 0 Å². The van der Waals surface area contributed by atoms with Gasteiger partial charge < -0.3 is 10.4 Å². The highest BCUT2D eigenvalue weighted by atomic mass is 79.9. The van der Waals surface area contributed by atoms with Crippen molar-refractivity contribution < 1.29 is 14.3 Å². The number of hydrogen-bond acceptors (Lipinski definition) is 2. The van der Waals surface area contributed by atoms with E-state index in [0.717, 1.165) is 0 Å². The van der Waals surface area contributed by atoms with Gasteiger partial charge in [-0.15, -0.1) is 0 Å². The number of benzene rings is 1. The molecule has 0 aromatic heterocycles. The van der Waals surface area contributed by atoms with Gasteiger partial charge in [-0.2, -0.15) is 0 Å². The lowest BCUT2D eigenvalue weighted by Gasteiger charge is -2.23. The van der Waals surface area contributed by atoms with Gasteiger partial charge in [0.1, 0.15) is 5.82 Å². The van der Waals surface area contributed by atoms with Crippen LogP contribution in [0.4, 0.5) is 4.39 Å². The highest BCUT2D eigenvalue weighted by Crippen LogP contribution is 2.19. The SMILES string of the molecule is CC(C)(CO)NC(=O)c1cccc(Br)c1F. The fraction of sp³-hybridized carbons (Fsp3) is 0.364. The molecule has 0 aliphatic carbocycles. The Kier molecular flexibility index (Phi) is 4.04. The maximum atomic E-state index is 13.6. The predicted molar refractivity (Wildman–Crippen MR) is 62.7 cm³/mol. The molecular weight excluding hydrogens is 277 g/mol. The number of carbonyl (C=O) groups is 1. The third-order valence-corrected chi connectivity index (χ3v) is 2.66. The molecule has 0 saturated carbocycles. The molecule has 0 saturated heterocycles. The summed E-state index contributed by atoms with van der Waals surface area (Å²) in [5.41, 5.74) is -0.817. The summed E-state index contributed by atoms with van der Waals surface area (Å²) in [7, 11) is 0. The summed E-state index contributed by atoms with van der Waals surface area (Å²) in [6.45, 7) is 3.09. The fourth-order valence-corrected chi connectivity index (χ4v) is 1.46. The second-order valence-corrected chi connectivity index (χ2v) is 4.95. The molecule has 0 unspecified atom stereocenters. The van der Waals surface area contributed by atoms with Crippen LogP contribution in [0.2, 0.25) is 0 Å². The highest BCUT2D eigenvalue weighted by Gasteiger charge is 2.22. The summed E-state index contributed by atoms with van der Waals surface area (Å²) in [5.74, 6) is -1.15. The topological polar surface area (TPSA) is 49.3 Å². The minimum atomic E-state index is -0.772. The molecule has 0 aliphatic rings. The van der Waals surface area contributed by atoms with Gasteiger partial charge in [0.15, 0.2) is 0 Å². The number of aliphatic hydroxyl groups is 1. The molecule has 3 nitrogen and oxygen atoms in total. The van der Waals surface area contributed by atoms with Crippen molar-refractivity contribution in [3.63, 3.8) is 0 Å². The molecule has 0 bridgehead atoms. The van der Waals surface area contributed by atoms with E-state index in [1.54, 1.807) is 19.9 Å². The largest absolute Gasteiger partial charge is 0.394 e. The molecule has 0 spiro atoms. The predicted octanol–water partition coefficient (Wildman–Crippen LogP) is 2.09. The first kappa shape index (κ1) is 13.1. The Balaban J connectivity index is 2.94. The molecule has 0 radical (unpaired) electrons. The van der Waals surface area contributed by atoms with E-state index in [2.05, 4.69) is 21.2 Å². The normalized spacial score (nSPS) is 11.3. The smallest absolute Gasteiger partial charge is 0.254 e. The van der Waals surface area contributed by atoms with Crippen molar-refractivity contribution in [2.75, 3.05) is 6.61 Å². The average molecular weight is 290 g/mol. The fourth-order valence-electron chi connectivity index (χ4n) is 1.09. The third-order valence-electron chi connectivity index (χ3n) is 2.04. The number of hydrogen-bond donors (Lipinski definition) is 2. The van der Waals surface area contributed by atoms with Crippen LogP contribution in [0.3, 0.4) is 0 Å². The third kappa shape index (κ3) is 3.02. The molecule has 1 amide bonds. The van der Waals surface area contributed by atoms with Crippen molar-refractivity contribution in [1.82, 2.24) is 5.32 Å². The van der Waals surface area contributed by atoms with Crippen LogP contribution in [0.5, 0.6) is 0 Å². The van der Waals surface area contributed by atoms with E-state index in [9.17, 15) is 9.18 Å². The summed E-state index contributed by atoms with van der Waals surface area (Å²) < 4.78 is 13.8. The molecule has 88 valence electrons. The van der Waals surface area contributed by atoms with E-state index in [4.69, 9.17) is 5.11 Å². The Bertz CT molecular complexity index is 407. The van der Waals surface area contributed by atoms with Crippen molar-refractivity contribution in [2.45, 2.75) is 19.4 Å². The zero-order chi connectivity index (χ0) is 12.3. The van der Waals surface area contributed by atoms with Crippen LogP contribution < -0.4 is 5.32 Å². The van der Waals surface area contributed by atoms with Gasteiger partial charge in [-0.3, -0.25) is 4.79 Å². The van der Waals surface area contributed by atoms with Crippen molar-refractivity contribution in [3.8, 4) is 0 Å². The van der Waals surface area contributed by atoms with Crippen LogP contribution in [-0.2, 0) is 0 Å². The van der Waals surface area contributed by atoms with Crippen molar-refractivity contribution in [3.05, 3.63) is 34.1 Å². The first-order valence-corrected chi connectivity index (χ1v) is 5.54. The molecule has 1 aromatic rings. The van der Waals surface area contributed by atoms with E-state index in [1.807, 2.05) is 0 Å². The number of halogens is 2. The number of carbonyl (C=O) groups excluding carboxylic acids is 1. The Hall–Kier alpha value is -0.940. The van der Waals surface area contributed by atoms with Gasteiger partial charge in [0.25, 0.3) is 5.91 Å². The minimum absolute atomic E-state index is 0.0455. The van der Waals surface area contributed by atoms with Gasteiger partial charge in [0, 0.05) is 0 Å². The Morgan fingerprint density at radius 2 is 2.19 bits per heavy atom. The van der Waals surface area contributed by atoms with Gasteiger partial charge in [0.2, 0.25) is 0 Å². The Labute approximate surface area is 102 Å². The molecular formula is C11H13BrFNO2. The molecule has 1 aromatic carbocycles. The molecule has 0 aliphatic heterocycles. The maximum absolute atomic E-state index is 13.6. The summed E-state index contributed by atoms with van der Waals surface area (Å²) >= 11 is 3.01. The molecule has 0 heterocycles. The molecule has 1 rings (SSSR count). The quantitative estimate of drug-likeness (QED) is 0.895. The molecule has 0 fully saturated rings. The Morgan fingerprint density at radius 1 is 1.56 bits per heavy atom. The van der Waals surface area contributed by atoms with Crippen LogP contribution >= 0.6 is 15.9 Å². The van der Waals surface area contributed by atoms with E-state index in [0.29, 0.717) is 0 Å². The first-order chi connectivity index (χ1) is 7.37. The second kappa shape index (κ2) is 4.93. The maximum Gasteiger partial charge on any atom is 0.254 e. The standard InChI is InChI=1S/C11H13BrFNO2/c1-11(2,6-15)14-10(16)7-4-3-5-8(12)9(7)13/h3-5,15H,6H2,1-2H3,(H,14,16). The van der Waals surface area contributed by atoms with E-state index in [1.165, 1.54) is 12.1 Å². The monoisotopic (exact) mass is 289 g/mol. The number of rotatable bonds is 3. The number of nitrogens with one attached hydrogen (secondary N) is 1. The second-order valence-electron chi connectivity index (χ2n) is 4.10. The van der Waals surface area contributed by atoms with Gasteiger partial charge in [-0.1, -0.05) is 6.07 Å². The summed E-state index contributed by atoms with van der Waals surface area (Å²) in [6.07, 6.45) is 0. The van der Waals surface area contributed by atoms with Crippen LogP contribution in [0.25, 0.3) is 0 Å². The van der Waals surface area contributed by atoms with E-state index < -0.39 is 17.3 Å². The molecule has 2 N–H and O–H groups in total. The number of aliphatic hydroxyl groups excluding tert-OH is 1. The van der Waals surface area contributed by atoms with E-state index >= 15 is 0 Å². The van der Waals surface area contributed by atoms with Gasteiger partial charge in [-0.25, -0.2) is 4.39 Å².